The van der Waals surface area contributed by atoms with E-state index in [2.05, 4.69) is 0 Å². The number of sulfone groups is 1. The van der Waals surface area contributed by atoms with E-state index in [4.69, 9.17) is 16.7 Å². The molecule has 0 aliphatic rings. The summed E-state index contributed by atoms with van der Waals surface area (Å²) in [7, 11) is -3.58. The molecule has 6 heteroatoms. The maximum Gasteiger partial charge on any atom is 0.337 e. The zero-order valence-corrected chi connectivity index (χ0v) is 12.8. The predicted octanol–water partition coefficient (Wildman–Crippen LogP) is 3.32. The van der Waals surface area contributed by atoms with Crippen molar-refractivity contribution in [3.05, 3.63) is 64.2 Å². The van der Waals surface area contributed by atoms with Crippen LogP contribution in [-0.4, -0.2) is 19.5 Å². The molecule has 0 saturated carbocycles. The summed E-state index contributed by atoms with van der Waals surface area (Å²) in [5.41, 5.74) is 1.47. The molecule has 0 heterocycles. The fraction of sp³-hybridized carbons (Fsp3) is 0.133. The number of aromatic carboxylic acids is 1. The third-order valence-corrected chi connectivity index (χ3v) is 5.11. The Morgan fingerprint density at radius 2 is 1.86 bits per heavy atom. The lowest BCUT2D eigenvalue weighted by atomic mass is 10.1. The van der Waals surface area contributed by atoms with Crippen LogP contribution in [0.5, 0.6) is 0 Å². The highest BCUT2D eigenvalue weighted by atomic mass is 35.5. The Kier molecular flexibility index (Phi) is 4.34. The fourth-order valence-corrected chi connectivity index (χ4v) is 3.72. The van der Waals surface area contributed by atoms with E-state index in [0.29, 0.717) is 5.56 Å². The Labute approximate surface area is 127 Å². The van der Waals surface area contributed by atoms with Crippen molar-refractivity contribution in [2.75, 3.05) is 0 Å². The second-order valence-corrected chi connectivity index (χ2v) is 7.03. The van der Waals surface area contributed by atoms with Crippen molar-refractivity contribution < 1.29 is 18.3 Å². The Morgan fingerprint density at radius 1 is 1.19 bits per heavy atom. The summed E-state index contributed by atoms with van der Waals surface area (Å²) < 4.78 is 24.8. The smallest absolute Gasteiger partial charge is 0.337 e. The lowest BCUT2D eigenvalue weighted by Gasteiger charge is -2.08. The summed E-state index contributed by atoms with van der Waals surface area (Å²) in [6.07, 6.45) is 0. The molecule has 21 heavy (non-hydrogen) atoms. The van der Waals surface area contributed by atoms with E-state index in [9.17, 15) is 13.2 Å². The van der Waals surface area contributed by atoms with Crippen molar-refractivity contribution in [2.24, 2.45) is 0 Å². The Hall–Kier alpha value is -1.85. The second kappa shape index (κ2) is 5.87. The topological polar surface area (TPSA) is 71.4 Å². The molecule has 0 aliphatic carbocycles. The molecule has 110 valence electrons. The van der Waals surface area contributed by atoms with Gasteiger partial charge in [-0.15, -0.1) is 0 Å². The van der Waals surface area contributed by atoms with E-state index in [1.807, 2.05) is 19.1 Å². The summed E-state index contributed by atoms with van der Waals surface area (Å²) in [4.78, 5) is 10.9. The van der Waals surface area contributed by atoms with Gasteiger partial charge in [-0.25, -0.2) is 13.2 Å². The lowest BCUT2D eigenvalue weighted by molar-refractivity contribution is 0.0697. The first-order chi connectivity index (χ1) is 9.81. The number of hydrogen-bond donors (Lipinski definition) is 1. The van der Waals surface area contributed by atoms with Gasteiger partial charge in [0, 0.05) is 0 Å². The average Bonchev–Trinajstić information content (AvgIpc) is 2.40. The molecule has 0 aromatic heterocycles. The molecule has 1 N–H and O–H groups in total. The molecule has 0 saturated heterocycles. The van der Waals surface area contributed by atoms with Crippen molar-refractivity contribution in [1.82, 2.24) is 0 Å². The number of aryl methyl sites for hydroxylation is 1. The van der Waals surface area contributed by atoms with E-state index in [0.717, 1.165) is 5.56 Å². The second-order valence-electron chi connectivity index (χ2n) is 4.63. The maximum atomic E-state index is 12.4. The van der Waals surface area contributed by atoms with Crippen LogP contribution in [0, 0.1) is 6.92 Å². The van der Waals surface area contributed by atoms with Crippen molar-refractivity contribution >= 4 is 27.4 Å². The SMILES string of the molecule is Cc1ccccc1CS(=O)(=O)c1ccc(C(=O)O)c(Cl)c1. The van der Waals surface area contributed by atoms with Crippen molar-refractivity contribution in [3.8, 4) is 0 Å². The van der Waals surface area contributed by atoms with Crippen LogP contribution in [0.1, 0.15) is 21.5 Å². The molecule has 0 bridgehead atoms. The van der Waals surface area contributed by atoms with Gasteiger partial charge in [0.1, 0.15) is 0 Å². The van der Waals surface area contributed by atoms with Gasteiger partial charge in [-0.2, -0.15) is 0 Å². The number of rotatable bonds is 4. The number of carboxylic acids is 1. The molecule has 2 rings (SSSR count). The monoisotopic (exact) mass is 324 g/mol. The van der Waals surface area contributed by atoms with Gasteiger partial charge in [-0.05, 0) is 36.2 Å². The summed E-state index contributed by atoms with van der Waals surface area (Å²) in [5.74, 6) is -1.34. The van der Waals surface area contributed by atoms with Crippen LogP contribution in [0.15, 0.2) is 47.4 Å². The molecular weight excluding hydrogens is 312 g/mol. The summed E-state index contributed by atoms with van der Waals surface area (Å²) in [6, 6.07) is 10.9. The number of hydrogen-bond acceptors (Lipinski definition) is 3. The minimum absolute atomic E-state index is 0.0146. The third-order valence-electron chi connectivity index (χ3n) is 3.14. The minimum atomic E-state index is -3.58. The number of halogens is 1. The van der Waals surface area contributed by atoms with Gasteiger partial charge in [-0.1, -0.05) is 35.9 Å². The molecule has 4 nitrogen and oxygen atoms in total. The van der Waals surface area contributed by atoms with Gasteiger partial charge in [0.25, 0.3) is 0 Å². The van der Waals surface area contributed by atoms with Crippen LogP contribution in [-0.2, 0) is 15.6 Å². The van der Waals surface area contributed by atoms with Crippen LogP contribution in [0.4, 0.5) is 0 Å². The number of carbonyl (C=O) groups is 1. The van der Waals surface area contributed by atoms with Gasteiger partial charge in [0.05, 0.1) is 21.2 Å². The van der Waals surface area contributed by atoms with E-state index < -0.39 is 15.8 Å². The molecular formula is C15H13ClO4S. The summed E-state index contributed by atoms with van der Waals surface area (Å²) >= 11 is 5.82. The van der Waals surface area contributed by atoms with E-state index in [1.54, 1.807) is 12.1 Å². The first-order valence-electron chi connectivity index (χ1n) is 6.11. The van der Waals surface area contributed by atoms with Crippen molar-refractivity contribution in [2.45, 2.75) is 17.6 Å². The molecule has 0 fully saturated rings. The first-order valence-corrected chi connectivity index (χ1v) is 8.14. The summed E-state index contributed by atoms with van der Waals surface area (Å²) in [5, 5.41) is 8.81. The van der Waals surface area contributed by atoms with Crippen molar-refractivity contribution in [1.29, 1.82) is 0 Å². The molecule has 0 aliphatic heterocycles. The standard InChI is InChI=1S/C15H13ClO4S/c1-10-4-2-3-5-11(10)9-21(19,20)12-6-7-13(15(17)18)14(16)8-12/h2-8H,9H2,1H3,(H,17,18). The zero-order valence-electron chi connectivity index (χ0n) is 11.2. The number of benzene rings is 2. The van der Waals surface area contributed by atoms with Crippen LogP contribution < -0.4 is 0 Å². The lowest BCUT2D eigenvalue weighted by Crippen LogP contribution is -2.07. The highest BCUT2D eigenvalue weighted by Gasteiger charge is 2.19. The molecule has 0 radical (unpaired) electrons. The van der Waals surface area contributed by atoms with Crippen LogP contribution in [0.25, 0.3) is 0 Å². The summed E-state index contributed by atoms with van der Waals surface area (Å²) in [6.45, 7) is 1.84. The highest BCUT2D eigenvalue weighted by Crippen LogP contribution is 2.24. The van der Waals surface area contributed by atoms with Crippen LogP contribution in [0.3, 0.4) is 0 Å². The molecule has 2 aromatic rings. The molecule has 0 amide bonds. The molecule has 0 spiro atoms. The molecule has 0 atom stereocenters. The maximum absolute atomic E-state index is 12.4. The normalized spacial score (nSPS) is 11.3. The van der Waals surface area contributed by atoms with Crippen LogP contribution in [0.2, 0.25) is 5.02 Å². The van der Waals surface area contributed by atoms with Gasteiger partial charge < -0.3 is 5.11 Å². The number of carboxylic acid groups (broad SMARTS) is 1. The largest absolute Gasteiger partial charge is 0.478 e. The van der Waals surface area contributed by atoms with Gasteiger partial charge in [0.15, 0.2) is 9.84 Å². The van der Waals surface area contributed by atoms with Gasteiger partial charge in [0.2, 0.25) is 0 Å². The predicted molar refractivity (Wildman–Crippen MR) is 80.5 cm³/mol. The fourth-order valence-electron chi connectivity index (χ4n) is 1.92. The average molecular weight is 325 g/mol. The van der Waals surface area contributed by atoms with E-state index >= 15 is 0 Å². The molecule has 2 aromatic carbocycles. The third kappa shape index (κ3) is 3.43. The van der Waals surface area contributed by atoms with Crippen LogP contribution >= 0.6 is 11.6 Å². The quantitative estimate of drug-likeness (QED) is 0.936. The Balaban J connectivity index is 2.39. The highest BCUT2D eigenvalue weighted by molar-refractivity contribution is 7.90. The van der Waals surface area contributed by atoms with E-state index in [-0.39, 0.29) is 21.2 Å². The Morgan fingerprint density at radius 3 is 2.43 bits per heavy atom. The zero-order chi connectivity index (χ0) is 15.6. The molecule has 0 unspecified atom stereocenters. The van der Waals surface area contributed by atoms with E-state index in [1.165, 1.54) is 18.2 Å². The van der Waals surface area contributed by atoms with Gasteiger partial charge in [-0.3, -0.25) is 0 Å². The van der Waals surface area contributed by atoms with Gasteiger partial charge >= 0.3 is 5.97 Å². The first kappa shape index (κ1) is 15.5. The Bertz CT molecular complexity index is 797. The minimum Gasteiger partial charge on any atom is -0.478 e. The van der Waals surface area contributed by atoms with Crippen molar-refractivity contribution in [3.63, 3.8) is 0 Å².